The first-order chi connectivity index (χ1) is 11.1. The second kappa shape index (κ2) is 6.44. The van der Waals surface area contributed by atoms with Crippen LogP contribution in [0.3, 0.4) is 0 Å². The highest BCUT2D eigenvalue weighted by Gasteiger charge is 2.10. The molecule has 0 aliphatic rings. The van der Waals surface area contributed by atoms with Crippen molar-refractivity contribution in [3.63, 3.8) is 0 Å². The van der Waals surface area contributed by atoms with Gasteiger partial charge < -0.3 is 5.32 Å². The quantitative estimate of drug-likeness (QED) is 0.800. The molecule has 1 N–H and O–H groups in total. The summed E-state index contributed by atoms with van der Waals surface area (Å²) < 4.78 is 14.6. The second-order valence-corrected chi connectivity index (χ2v) is 5.32. The third-order valence-electron chi connectivity index (χ3n) is 3.52. The van der Waals surface area contributed by atoms with Crippen LogP contribution in [0.4, 0.5) is 10.2 Å². The fourth-order valence-corrected chi connectivity index (χ4v) is 2.22. The maximum absolute atomic E-state index is 12.9. The van der Waals surface area contributed by atoms with Gasteiger partial charge in [-0.25, -0.2) is 9.07 Å². The third kappa shape index (κ3) is 3.63. The minimum Gasteiger partial charge on any atom is -0.307 e. The summed E-state index contributed by atoms with van der Waals surface area (Å²) >= 11 is 0. The van der Waals surface area contributed by atoms with Crippen molar-refractivity contribution in [3.05, 3.63) is 83.3 Å². The molecule has 23 heavy (non-hydrogen) atoms. The first kappa shape index (κ1) is 15.0. The number of nitrogens with zero attached hydrogens (tertiary/aromatic N) is 2. The Morgan fingerprint density at radius 1 is 1.09 bits per heavy atom. The second-order valence-electron chi connectivity index (χ2n) is 5.32. The molecule has 116 valence electrons. The van der Waals surface area contributed by atoms with E-state index in [0.29, 0.717) is 17.9 Å². The minimum absolute atomic E-state index is 0.296. The first-order valence-corrected chi connectivity index (χ1v) is 7.26. The van der Waals surface area contributed by atoms with E-state index in [9.17, 15) is 9.18 Å². The highest BCUT2D eigenvalue weighted by atomic mass is 19.1. The molecular weight excluding hydrogens is 293 g/mol. The molecule has 1 heterocycles. The molecule has 3 aromatic rings. The lowest BCUT2D eigenvalue weighted by Gasteiger charge is -2.09. The Hall–Kier alpha value is -2.95. The molecule has 0 saturated carbocycles. The molecule has 0 aliphatic carbocycles. The summed E-state index contributed by atoms with van der Waals surface area (Å²) in [6, 6.07) is 15.3. The fourth-order valence-electron chi connectivity index (χ4n) is 2.22. The Labute approximate surface area is 133 Å². The van der Waals surface area contributed by atoms with Crippen molar-refractivity contribution in [1.29, 1.82) is 0 Å². The van der Waals surface area contributed by atoms with Gasteiger partial charge in [0.2, 0.25) is 0 Å². The lowest BCUT2D eigenvalue weighted by Crippen LogP contribution is -2.16. The van der Waals surface area contributed by atoms with Gasteiger partial charge in [-0.1, -0.05) is 29.8 Å². The molecule has 0 fully saturated rings. The van der Waals surface area contributed by atoms with Gasteiger partial charge in [0.05, 0.1) is 12.7 Å². The Morgan fingerprint density at radius 2 is 1.78 bits per heavy atom. The number of aromatic nitrogens is 2. The molecule has 1 amide bonds. The molecule has 1 aromatic heterocycles. The molecule has 0 spiro atoms. The topological polar surface area (TPSA) is 46.9 Å². The Bertz CT molecular complexity index is 807. The number of amides is 1. The maximum atomic E-state index is 12.9. The number of nitrogens with one attached hydrogen (secondary N) is 1. The normalized spacial score (nSPS) is 10.5. The van der Waals surface area contributed by atoms with Gasteiger partial charge in [-0.3, -0.25) is 4.79 Å². The summed E-state index contributed by atoms with van der Waals surface area (Å²) in [5.74, 6) is -0.0680. The molecule has 0 radical (unpaired) electrons. The first-order valence-electron chi connectivity index (χ1n) is 7.26. The number of benzene rings is 2. The van der Waals surface area contributed by atoms with Crippen LogP contribution in [0.15, 0.2) is 60.8 Å². The highest BCUT2D eigenvalue weighted by Crippen LogP contribution is 2.13. The van der Waals surface area contributed by atoms with E-state index in [1.165, 1.54) is 29.8 Å². The van der Waals surface area contributed by atoms with Crippen LogP contribution in [0.5, 0.6) is 0 Å². The minimum atomic E-state index is -0.369. The van der Waals surface area contributed by atoms with Crippen molar-refractivity contribution in [3.8, 4) is 0 Å². The van der Waals surface area contributed by atoms with Crippen molar-refractivity contribution < 1.29 is 9.18 Å². The smallest absolute Gasteiger partial charge is 0.256 e. The van der Waals surface area contributed by atoms with E-state index in [2.05, 4.69) is 10.4 Å². The van der Waals surface area contributed by atoms with Gasteiger partial charge >= 0.3 is 0 Å². The predicted molar refractivity (Wildman–Crippen MR) is 86.9 cm³/mol. The van der Waals surface area contributed by atoms with Crippen LogP contribution in [0.25, 0.3) is 0 Å². The average molecular weight is 309 g/mol. The van der Waals surface area contributed by atoms with Gasteiger partial charge in [-0.15, -0.1) is 0 Å². The van der Waals surface area contributed by atoms with E-state index in [0.717, 1.165) is 5.56 Å². The molecule has 0 saturated heterocycles. The van der Waals surface area contributed by atoms with Crippen molar-refractivity contribution in [2.24, 2.45) is 0 Å². The van der Waals surface area contributed by atoms with Crippen LogP contribution in [-0.4, -0.2) is 15.7 Å². The zero-order chi connectivity index (χ0) is 16.2. The zero-order valence-electron chi connectivity index (χ0n) is 12.7. The van der Waals surface area contributed by atoms with Crippen LogP contribution < -0.4 is 5.32 Å². The SMILES string of the molecule is Cc1ccc(Cn2nccc2NC(=O)c2ccc(F)cc2)cc1. The number of hydrogen-bond acceptors (Lipinski definition) is 2. The van der Waals surface area contributed by atoms with Crippen LogP contribution >= 0.6 is 0 Å². The fraction of sp³-hybridized carbons (Fsp3) is 0.111. The highest BCUT2D eigenvalue weighted by molar-refractivity contribution is 6.03. The van der Waals surface area contributed by atoms with Crippen molar-refractivity contribution >= 4 is 11.7 Å². The lowest BCUT2D eigenvalue weighted by atomic mass is 10.1. The molecule has 0 unspecified atom stereocenters. The summed E-state index contributed by atoms with van der Waals surface area (Å²) in [5, 5.41) is 7.03. The van der Waals surface area contributed by atoms with Crippen LogP contribution in [0.2, 0.25) is 0 Å². The number of carbonyl (C=O) groups excluding carboxylic acids is 1. The Balaban J connectivity index is 1.74. The number of aryl methyl sites for hydroxylation is 1. The maximum Gasteiger partial charge on any atom is 0.256 e. The number of hydrogen-bond donors (Lipinski definition) is 1. The van der Waals surface area contributed by atoms with Gasteiger partial charge in [0, 0.05) is 11.6 Å². The molecule has 2 aromatic carbocycles. The van der Waals surface area contributed by atoms with Crippen molar-refractivity contribution in [2.45, 2.75) is 13.5 Å². The van der Waals surface area contributed by atoms with Crippen LogP contribution in [0, 0.1) is 12.7 Å². The summed E-state index contributed by atoms with van der Waals surface area (Å²) in [6.45, 7) is 2.60. The third-order valence-corrected chi connectivity index (χ3v) is 3.52. The van der Waals surface area contributed by atoms with E-state index in [-0.39, 0.29) is 11.7 Å². The number of halogens is 1. The monoisotopic (exact) mass is 309 g/mol. The van der Waals surface area contributed by atoms with Crippen molar-refractivity contribution in [1.82, 2.24) is 9.78 Å². The van der Waals surface area contributed by atoms with E-state index in [4.69, 9.17) is 0 Å². The molecule has 0 atom stereocenters. The van der Waals surface area contributed by atoms with E-state index < -0.39 is 0 Å². The van der Waals surface area contributed by atoms with E-state index >= 15 is 0 Å². The van der Waals surface area contributed by atoms with E-state index in [1.54, 1.807) is 16.9 Å². The summed E-state index contributed by atoms with van der Waals surface area (Å²) in [6.07, 6.45) is 1.63. The Morgan fingerprint density at radius 3 is 2.48 bits per heavy atom. The van der Waals surface area contributed by atoms with Gasteiger partial charge in [0.15, 0.2) is 0 Å². The molecular formula is C18H16FN3O. The van der Waals surface area contributed by atoms with Gasteiger partial charge in [0.25, 0.3) is 5.91 Å². The summed E-state index contributed by atoms with van der Waals surface area (Å²) in [4.78, 5) is 12.2. The standard InChI is InChI=1S/C18H16FN3O/c1-13-2-4-14(5-3-13)12-22-17(10-11-20-22)21-18(23)15-6-8-16(19)9-7-15/h2-11H,12H2,1H3,(H,21,23). The van der Waals surface area contributed by atoms with Gasteiger partial charge in [0.1, 0.15) is 11.6 Å². The Kier molecular flexibility index (Phi) is 4.19. The summed E-state index contributed by atoms with van der Waals surface area (Å²) in [5.41, 5.74) is 2.69. The van der Waals surface area contributed by atoms with E-state index in [1.807, 2.05) is 31.2 Å². The van der Waals surface area contributed by atoms with Crippen LogP contribution in [-0.2, 0) is 6.54 Å². The van der Waals surface area contributed by atoms with Gasteiger partial charge in [-0.05, 0) is 36.8 Å². The van der Waals surface area contributed by atoms with Crippen LogP contribution in [0.1, 0.15) is 21.5 Å². The number of rotatable bonds is 4. The zero-order valence-corrected chi connectivity index (χ0v) is 12.7. The average Bonchev–Trinajstić information content (AvgIpc) is 2.97. The largest absolute Gasteiger partial charge is 0.307 e. The number of carbonyl (C=O) groups is 1. The predicted octanol–water partition coefficient (Wildman–Crippen LogP) is 3.63. The van der Waals surface area contributed by atoms with Gasteiger partial charge in [-0.2, -0.15) is 5.10 Å². The van der Waals surface area contributed by atoms with Crippen molar-refractivity contribution in [2.75, 3.05) is 5.32 Å². The number of anilines is 1. The molecule has 4 nitrogen and oxygen atoms in total. The molecule has 0 aliphatic heterocycles. The lowest BCUT2D eigenvalue weighted by molar-refractivity contribution is 0.102. The molecule has 0 bridgehead atoms. The molecule has 3 rings (SSSR count). The molecule has 5 heteroatoms. The summed E-state index contributed by atoms with van der Waals surface area (Å²) in [7, 11) is 0.